The first-order valence-corrected chi connectivity index (χ1v) is 9.55. The van der Waals surface area contributed by atoms with E-state index in [4.69, 9.17) is 4.84 Å². The Kier molecular flexibility index (Phi) is 10.4. The third kappa shape index (κ3) is 8.01. The summed E-state index contributed by atoms with van der Waals surface area (Å²) in [5.41, 5.74) is 3.27. The van der Waals surface area contributed by atoms with Gasteiger partial charge in [-0.1, -0.05) is 17.3 Å². The van der Waals surface area contributed by atoms with E-state index in [1.54, 1.807) is 7.11 Å². The molecule has 140 valence electrons. The van der Waals surface area contributed by atoms with Crippen molar-refractivity contribution in [2.45, 2.75) is 40.0 Å². The molecule has 1 aliphatic rings. The highest BCUT2D eigenvalue weighted by Gasteiger charge is 2.22. The largest absolute Gasteiger partial charge is 0.399 e. The van der Waals surface area contributed by atoms with Crippen LogP contribution in [0.25, 0.3) is 0 Å². The zero-order chi connectivity index (χ0) is 18.7. The second-order valence-corrected chi connectivity index (χ2v) is 6.99. The summed E-state index contributed by atoms with van der Waals surface area (Å²) < 4.78 is 0.946. The van der Waals surface area contributed by atoms with Crippen molar-refractivity contribution in [3.63, 3.8) is 0 Å². The van der Waals surface area contributed by atoms with Gasteiger partial charge < -0.3 is 15.5 Å². The molecule has 1 heterocycles. The van der Waals surface area contributed by atoms with E-state index in [0.29, 0.717) is 12.5 Å². The molecule has 1 aliphatic heterocycles. The Labute approximate surface area is 159 Å². The van der Waals surface area contributed by atoms with Gasteiger partial charge in [0.1, 0.15) is 7.11 Å². The number of rotatable bonds is 8. The summed E-state index contributed by atoms with van der Waals surface area (Å²) in [5, 5.41) is 10.5. The molecule has 6 heteroatoms. The van der Waals surface area contributed by atoms with Gasteiger partial charge in [-0.25, -0.2) is 0 Å². The summed E-state index contributed by atoms with van der Waals surface area (Å²) in [6.45, 7) is 8.21. The third-order valence-corrected chi connectivity index (χ3v) is 4.74. The minimum Gasteiger partial charge on any atom is -0.399 e. The average molecular weight is 412 g/mol. The molecular weight excluding hydrogens is 382 g/mol. The standard InChI is InChI=1S/C19H30BrN3O2/c1-5-7-16(9-11-22-15(3)24)14(2)12-18(20)19(23-25-4)17-8-6-10-21-13-17/h5,7,12,17,21H,6,8-11,13H2,1-4H3,(H,22,24)/b7-5-,16-14-,18-12-,23-19-/t17-/m1/s1. The van der Waals surface area contributed by atoms with E-state index >= 15 is 0 Å². The van der Waals surface area contributed by atoms with E-state index in [9.17, 15) is 4.79 Å². The number of carbonyl (C=O) groups is 1. The maximum Gasteiger partial charge on any atom is 0.216 e. The van der Waals surface area contributed by atoms with Crippen molar-refractivity contribution in [3.05, 3.63) is 33.9 Å². The van der Waals surface area contributed by atoms with Gasteiger partial charge in [-0.05, 0) is 72.8 Å². The van der Waals surface area contributed by atoms with Crippen LogP contribution in [0.1, 0.15) is 40.0 Å². The van der Waals surface area contributed by atoms with Crippen LogP contribution in [0.5, 0.6) is 0 Å². The van der Waals surface area contributed by atoms with E-state index in [-0.39, 0.29) is 5.91 Å². The fraction of sp³-hybridized carbons (Fsp3) is 0.579. The van der Waals surface area contributed by atoms with E-state index in [1.807, 2.05) is 13.0 Å². The van der Waals surface area contributed by atoms with Crippen LogP contribution in [-0.4, -0.2) is 38.4 Å². The summed E-state index contributed by atoms with van der Waals surface area (Å²) in [7, 11) is 1.58. The van der Waals surface area contributed by atoms with Crippen molar-refractivity contribution in [3.8, 4) is 0 Å². The molecule has 1 fully saturated rings. The Morgan fingerprint density at radius 2 is 2.20 bits per heavy atom. The maximum absolute atomic E-state index is 11.1. The monoisotopic (exact) mass is 411 g/mol. The van der Waals surface area contributed by atoms with Crippen LogP contribution in [0.4, 0.5) is 0 Å². The van der Waals surface area contributed by atoms with Gasteiger partial charge in [0.25, 0.3) is 0 Å². The molecular formula is C19H30BrN3O2. The average Bonchev–Trinajstić information content (AvgIpc) is 2.59. The highest BCUT2D eigenvalue weighted by Crippen LogP contribution is 2.24. The SMILES string of the molecule is C\C=C/C(CCNC(C)=O)=C(C)/C=C(Br)/C(=N\OC)[C@@H]1CCCNC1. The number of hydrogen-bond acceptors (Lipinski definition) is 4. The molecule has 0 unspecified atom stereocenters. The van der Waals surface area contributed by atoms with Crippen LogP contribution in [0, 0.1) is 5.92 Å². The van der Waals surface area contributed by atoms with E-state index in [1.165, 1.54) is 12.5 Å². The number of halogens is 1. The highest BCUT2D eigenvalue weighted by molar-refractivity contribution is 9.12. The zero-order valence-electron chi connectivity index (χ0n) is 15.7. The van der Waals surface area contributed by atoms with Crippen LogP contribution in [-0.2, 0) is 9.63 Å². The van der Waals surface area contributed by atoms with Gasteiger partial charge in [0.2, 0.25) is 5.91 Å². The highest BCUT2D eigenvalue weighted by atomic mass is 79.9. The van der Waals surface area contributed by atoms with Gasteiger partial charge in [0.15, 0.2) is 0 Å². The van der Waals surface area contributed by atoms with E-state index in [0.717, 1.165) is 48.1 Å². The molecule has 1 saturated heterocycles. The fourth-order valence-corrected chi connectivity index (χ4v) is 3.58. The number of carbonyl (C=O) groups excluding carboxylic acids is 1. The first-order valence-electron chi connectivity index (χ1n) is 8.75. The smallest absolute Gasteiger partial charge is 0.216 e. The Bertz CT molecular complexity index is 559. The Balaban J connectivity index is 2.98. The van der Waals surface area contributed by atoms with Crippen molar-refractivity contribution >= 4 is 27.5 Å². The van der Waals surface area contributed by atoms with Gasteiger partial charge in [-0.15, -0.1) is 0 Å². The lowest BCUT2D eigenvalue weighted by molar-refractivity contribution is -0.118. The van der Waals surface area contributed by atoms with E-state index in [2.05, 4.69) is 50.8 Å². The molecule has 1 atom stereocenters. The molecule has 0 aromatic rings. The molecule has 25 heavy (non-hydrogen) atoms. The van der Waals surface area contributed by atoms with Crippen molar-refractivity contribution in [2.24, 2.45) is 11.1 Å². The normalized spacial score (nSPS) is 20.4. The molecule has 0 spiro atoms. The van der Waals surface area contributed by atoms with Crippen LogP contribution >= 0.6 is 15.9 Å². The minimum absolute atomic E-state index is 0.00600. The number of hydrogen-bond donors (Lipinski definition) is 2. The Morgan fingerprint density at radius 1 is 1.44 bits per heavy atom. The summed E-state index contributed by atoms with van der Waals surface area (Å²) in [4.78, 5) is 16.1. The molecule has 0 radical (unpaired) electrons. The van der Waals surface area contributed by atoms with Crippen LogP contribution in [0.3, 0.4) is 0 Å². The van der Waals surface area contributed by atoms with Crippen molar-refractivity contribution in [1.29, 1.82) is 0 Å². The van der Waals surface area contributed by atoms with Crippen LogP contribution < -0.4 is 10.6 Å². The van der Waals surface area contributed by atoms with Gasteiger partial charge in [-0.3, -0.25) is 4.79 Å². The van der Waals surface area contributed by atoms with E-state index < -0.39 is 0 Å². The quantitative estimate of drug-likeness (QED) is 0.363. The molecule has 1 amide bonds. The van der Waals surface area contributed by atoms with Gasteiger partial charge in [0, 0.05) is 30.4 Å². The molecule has 5 nitrogen and oxygen atoms in total. The third-order valence-electron chi connectivity index (χ3n) is 4.10. The number of amides is 1. The van der Waals surface area contributed by atoms with Gasteiger partial charge in [-0.2, -0.15) is 0 Å². The number of oxime groups is 1. The minimum atomic E-state index is -0.00600. The lowest BCUT2D eigenvalue weighted by Crippen LogP contribution is -2.34. The summed E-state index contributed by atoms with van der Waals surface area (Å²) in [6, 6.07) is 0. The molecule has 1 rings (SSSR count). The summed E-state index contributed by atoms with van der Waals surface area (Å²) in [5.74, 6) is 0.338. The fourth-order valence-electron chi connectivity index (χ4n) is 2.84. The topological polar surface area (TPSA) is 62.7 Å². The predicted octanol–water partition coefficient (Wildman–Crippen LogP) is 3.69. The number of piperidine rings is 1. The lowest BCUT2D eigenvalue weighted by Gasteiger charge is -2.23. The van der Waals surface area contributed by atoms with Gasteiger partial charge >= 0.3 is 0 Å². The maximum atomic E-state index is 11.1. The summed E-state index contributed by atoms with van der Waals surface area (Å²) >= 11 is 3.69. The Hall–Kier alpha value is -1.40. The second kappa shape index (κ2) is 12.0. The van der Waals surface area contributed by atoms with Crippen LogP contribution in [0.15, 0.2) is 39.0 Å². The molecule has 0 aromatic carbocycles. The molecule has 0 aliphatic carbocycles. The number of allylic oxidation sites excluding steroid dienone is 5. The van der Waals surface area contributed by atoms with Crippen LogP contribution in [0.2, 0.25) is 0 Å². The molecule has 0 bridgehead atoms. The number of nitrogens with one attached hydrogen (secondary N) is 2. The van der Waals surface area contributed by atoms with Crippen molar-refractivity contribution in [1.82, 2.24) is 10.6 Å². The predicted molar refractivity (Wildman–Crippen MR) is 108 cm³/mol. The molecule has 2 N–H and O–H groups in total. The number of nitrogens with zero attached hydrogens (tertiary/aromatic N) is 1. The first-order chi connectivity index (χ1) is 12.0. The first kappa shape index (κ1) is 21.6. The van der Waals surface area contributed by atoms with Crippen molar-refractivity contribution in [2.75, 3.05) is 26.7 Å². The zero-order valence-corrected chi connectivity index (χ0v) is 17.3. The Morgan fingerprint density at radius 3 is 2.76 bits per heavy atom. The molecule has 0 saturated carbocycles. The second-order valence-electron chi connectivity index (χ2n) is 6.14. The summed E-state index contributed by atoms with van der Waals surface area (Å²) in [6.07, 6.45) is 9.23. The van der Waals surface area contributed by atoms with Crippen molar-refractivity contribution < 1.29 is 9.63 Å². The lowest BCUT2D eigenvalue weighted by atomic mass is 9.93. The van der Waals surface area contributed by atoms with Gasteiger partial charge in [0.05, 0.1) is 5.71 Å². The molecule has 0 aromatic heterocycles.